The molecule has 0 atom stereocenters. The first-order valence-electron chi connectivity index (χ1n) is 10.7. The molecule has 34 heavy (non-hydrogen) atoms. The number of hydrogen-bond acceptors (Lipinski definition) is 3. The van der Waals surface area contributed by atoms with Crippen LogP contribution in [-0.2, 0) is 28.8 Å². The van der Waals surface area contributed by atoms with Gasteiger partial charge in [0.1, 0.15) is 5.75 Å². The zero-order valence-electron chi connectivity index (χ0n) is 18.7. The highest BCUT2D eigenvalue weighted by molar-refractivity contribution is 6.30. The number of carbonyl (C=O) groups excluding carboxylic acids is 1. The number of amides is 1. The van der Waals surface area contributed by atoms with E-state index in [2.05, 4.69) is 0 Å². The Morgan fingerprint density at radius 2 is 1.85 bits per heavy atom. The van der Waals surface area contributed by atoms with Crippen molar-refractivity contribution in [2.45, 2.75) is 25.7 Å². The van der Waals surface area contributed by atoms with Gasteiger partial charge >= 0.3 is 6.18 Å². The van der Waals surface area contributed by atoms with Crippen molar-refractivity contribution in [2.24, 2.45) is 0 Å². The number of aromatic nitrogens is 1. The number of carbonyl (C=O) groups is 1. The Bertz CT molecular complexity index is 1070. The van der Waals surface area contributed by atoms with Gasteiger partial charge in [0.05, 0.1) is 12.1 Å². The zero-order chi connectivity index (χ0) is 24.6. The van der Waals surface area contributed by atoms with Crippen molar-refractivity contribution < 1.29 is 27.4 Å². The summed E-state index contributed by atoms with van der Waals surface area (Å²) in [6, 6.07) is 15.6. The maximum absolute atomic E-state index is 13.1. The largest absolute Gasteiger partial charge is 0.484 e. The molecular formula is C25H26ClF3N2O3. The van der Waals surface area contributed by atoms with E-state index in [1.807, 2.05) is 16.7 Å². The first-order chi connectivity index (χ1) is 16.3. The van der Waals surface area contributed by atoms with Crippen molar-refractivity contribution in [3.63, 3.8) is 0 Å². The van der Waals surface area contributed by atoms with Crippen LogP contribution in [0.5, 0.6) is 5.75 Å². The fourth-order valence-electron chi connectivity index (χ4n) is 3.44. The topological polar surface area (TPSA) is 43.7 Å². The maximum atomic E-state index is 13.1. The van der Waals surface area contributed by atoms with E-state index in [0.29, 0.717) is 42.5 Å². The fourth-order valence-corrected chi connectivity index (χ4v) is 3.57. The molecule has 0 N–H and O–H groups in total. The van der Waals surface area contributed by atoms with Crippen LogP contribution in [0.4, 0.5) is 13.2 Å². The van der Waals surface area contributed by atoms with E-state index in [9.17, 15) is 18.0 Å². The molecule has 182 valence electrons. The van der Waals surface area contributed by atoms with E-state index < -0.39 is 11.7 Å². The van der Waals surface area contributed by atoms with Gasteiger partial charge < -0.3 is 18.9 Å². The highest BCUT2D eigenvalue weighted by Crippen LogP contribution is 2.29. The van der Waals surface area contributed by atoms with Gasteiger partial charge in [0, 0.05) is 43.7 Å². The number of halogens is 4. The van der Waals surface area contributed by atoms with Gasteiger partial charge in [0.2, 0.25) is 0 Å². The van der Waals surface area contributed by atoms with Gasteiger partial charge in [-0.3, -0.25) is 4.79 Å². The maximum Gasteiger partial charge on any atom is 0.416 e. The minimum atomic E-state index is -4.40. The average molecular weight is 495 g/mol. The molecule has 0 aliphatic rings. The summed E-state index contributed by atoms with van der Waals surface area (Å²) in [5.41, 5.74) is 0.639. The fraction of sp³-hybridized carbons (Fsp3) is 0.320. The van der Waals surface area contributed by atoms with E-state index >= 15 is 0 Å². The molecule has 0 aliphatic carbocycles. The monoisotopic (exact) mass is 494 g/mol. The lowest BCUT2D eigenvalue weighted by Gasteiger charge is -2.24. The van der Waals surface area contributed by atoms with Gasteiger partial charge in [-0.05, 0) is 60.5 Å². The van der Waals surface area contributed by atoms with Crippen molar-refractivity contribution in [1.82, 2.24) is 9.47 Å². The van der Waals surface area contributed by atoms with Gasteiger partial charge in [-0.2, -0.15) is 13.2 Å². The van der Waals surface area contributed by atoms with Gasteiger partial charge in [0.15, 0.2) is 6.61 Å². The molecule has 2 aromatic carbocycles. The molecule has 1 amide bonds. The molecule has 5 nitrogen and oxygen atoms in total. The highest BCUT2D eigenvalue weighted by Gasteiger charge is 2.30. The Kier molecular flexibility index (Phi) is 9.01. The minimum Gasteiger partial charge on any atom is -0.484 e. The van der Waals surface area contributed by atoms with E-state index in [1.165, 1.54) is 6.07 Å². The van der Waals surface area contributed by atoms with Gasteiger partial charge in [-0.1, -0.05) is 23.7 Å². The molecule has 9 heteroatoms. The average Bonchev–Trinajstić information content (AvgIpc) is 3.24. The van der Waals surface area contributed by atoms with Gasteiger partial charge in [-0.15, -0.1) is 0 Å². The summed E-state index contributed by atoms with van der Waals surface area (Å²) in [5, 5.41) is 0.571. The molecule has 0 saturated carbocycles. The molecule has 1 heterocycles. The van der Waals surface area contributed by atoms with Crippen molar-refractivity contribution >= 4 is 17.5 Å². The smallest absolute Gasteiger partial charge is 0.416 e. The van der Waals surface area contributed by atoms with Crippen LogP contribution in [0.2, 0.25) is 5.02 Å². The van der Waals surface area contributed by atoms with Crippen molar-refractivity contribution in [3.05, 3.63) is 88.7 Å². The molecule has 1 aromatic heterocycles. The number of ether oxygens (including phenoxy) is 2. The van der Waals surface area contributed by atoms with Crippen LogP contribution in [0.1, 0.15) is 23.2 Å². The van der Waals surface area contributed by atoms with Crippen LogP contribution in [0.15, 0.2) is 66.9 Å². The van der Waals surface area contributed by atoms with E-state index in [0.717, 1.165) is 17.8 Å². The Morgan fingerprint density at radius 3 is 2.56 bits per heavy atom. The van der Waals surface area contributed by atoms with Crippen LogP contribution in [0.25, 0.3) is 0 Å². The zero-order valence-corrected chi connectivity index (χ0v) is 19.5. The summed E-state index contributed by atoms with van der Waals surface area (Å²) in [7, 11) is 1.59. The second-order valence-electron chi connectivity index (χ2n) is 7.73. The number of hydrogen-bond donors (Lipinski definition) is 0. The van der Waals surface area contributed by atoms with Crippen LogP contribution in [-0.4, -0.2) is 42.2 Å². The van der Waals surface area contributed by atoms with Crippen LogP contribution in [0.3, 0.4) is 0 Å². The number of methoxy groups -OCH3 is 1. The molecule has 0 radical (unpaired) electrons. The van der Waals surface area contributed by atoms with E-state index in [-0.39, 0.29) is 19.1 Å². The number of rotatable bonds is 11. The second kappa shape index (κ2) is 11.9. The molecular weight excluding hydrogens is 469 g/mol. The number of benzene rings is 2. The molecule has 0 aliphatic heterocycles. The summed E-state index contributed by atoms with van der Waals surface area (Å²) in [4.78, 5) is 14.6. The standard InChI is InChI=1S/C25H26ClF3N2O3/c1-33-14-4-13-31(24(32)18-34-23-10-8-21(26)9-11-23)17-22-7-3-12-30(22)16-19-5-2-6-20(15-19)25(27,28)29/h2-3,5-12,15H,4,13-14,16-18H2,1H3. The molecule has 0 saturated heterocycles. The molecule has 0 fully saturated rings. The second-order valence-corrected chi connectivity index (χ2v) is 8.17. The Morgan fingerprint density at radius 1 is 1.09 bits per heavy atom. The quantitative estimate of drug-likeness (QED) is 0.323. The number of nitrogens with zero attached hydrogens (tertiary/aromatic N) is 2. The molecule has 3 aromatic rings. The van der Waals surface area contributed by atoms with Crippen molar-refractivity contribution in [3.8, 4) is 5.75 Å². The van der Waals surface area contributed by atoms with Crippen LogP contribution < -0.4 is 4.74 Å². The summed E-state index contributed by atoms with van der Waals surface area (Å²) in [6.07, 6.45) is -1.97. The Labute approximate surface area is 201 Å². The first-order valence-corrected chi connectivity index (χ1v) is 11.1. The van der Waals surface area contributed by atoms with Gasteiger partial charge in [-0.25, -0.2) is 0 Å². The van der Waals surface area contributed by atoms with E-state index in [1.54, 1.807) is 48.5 Å². The molecule has 3 rings (SSSR count). The third-order valence-corrected chi connectivity index (χ3v) is 5.44. The third-order valence-electron chi connectivity index (χ3n) is 5.19. The SMILES string of the molecule is COCCCN(Cc1cccn1Cc1cccc(C(F)(F)F)c1)C(=O)COc1ccc(Cl)cc1. The predicted octanol–water partition coefficient (Wildman–Crippen LogP) is 5.65. The minimum absolute atomic E-state index is 0.150. The Balaban J connectivity index is 1.70. The van der Waals surface area contributed by atoms with Crippen LogP contribution >= 0.6 is 11.6 Å². The lowest BCUT2D eigenvalue weighted by molar-refractivity contribution is -0.137. The summed E-state index contributed by atoms with van der Waals surface area (Å²) < 4.78 is 51.8. The lowest BCUT2D eigenvalue weighted by Crippen LogP contribution is -2.36. The molecule has 0 spiro atoms. The number of alkyl halides is 3. The normalized spacial score (nSPS) is 11.4. The van der Waals surface area contributed by atoms with Crippen molar-refractivity contribution in [2.75, 3.05) is 26.9 Å². The summed E-state index contributed by atoms with van der Waals surface area (Å²) in [6.45, 7) is 1.34. The van der Waals surface area contributed by atoms with Gasteiger partial charge in [0.25, 0.3) is 5.91 Å². The van der Waals surface area contributed by atoms with Crippen LogP contribution in [0, 0.1) is 0 Å². The molecule has 0 bridgehead atoms. The van der Waals surface area contributed by atoms with Crippen molar-refractivity contribution in [1.29, 1.82) is 0 Å². The highest BCUT2D eigenvalue weighted by atomic mass is 35.5. The lowest BCUT2D eigenvalue weighted by atomic mass is 10.1. The summed E-state index contributed by atoms with van der Waals surface area (Å²) >= 11 is 5.88. The predicted molar refractivity (Wildman–Crippen MR) is 124 cm³/mol. The summed E-state index contributed by atoms with van der Waals surface area (Å²) in [5.74, 6) is 0.320. The molecule has 0 unspecified atom stereocenters. The Hall–Kier alpha value is -2.97. The van der Waals surface area contributed by atoms with E-state index in [4.69, 9.17) is 21.1 Å². The third kappa shape index (κ3) is 7.53. The first kappa shape index (κ1) is 25.6.